The molecule has 2 unspecified atom stereocenters. The third-order valence-electron chi connectivity index (χ3n) is 2.90. The maximum atomic E-state index is 8.01. The number of likely N-dealkylation sites (N-methyl/N-ethyl adjacent to an activating group) is 1. The van der Waals surface area contributed by atoms with Gasteiger partial charge in [0.1, 0.15) is 0 Å². The predicted octanol–water partition coefficient (Wildman–Crippen LogP) is 2.89. The van der Waals surface area contributed by atoms with Crippen molar-refractivity contribution in [3.63, 3.8) is 0 Å². The Morgan fingerprint density at radius 1 is 1.44 bits per heavy atom. The van der Waals surface area contributed by atoms with Gasteiger partial charge in [0.2, 0.25) is 0 Å². The quantitative estimate of drug-likeness (QED) is 0.796. The van der Waals surface area contributed by atoms with Crippen molar-refractivity contribution in [2.75, 3.05) is 19.7 Å². The first-order valence-electron chi connectivity index (χ1n) is 7.82. The van der Waals surface area contributed by atoms with Gasteiger partial charge in [-0.3, -0.25) is 4.90 Å². The molecule has 1 aliphatic heterocycles. The standard InChI is InChI=1S/C13H19NO.ClH/c1-3-14-9-10-15-13(11(14)2)12-7-5-4-6-8-12;/h4-8,11,13H,3,9-10H2,1-2H3;1H/i4D,5D,6D,7D,8D;. The second-order valence-corrected chi connectivity index (χ2v) is 3.70. The first-order valence-corrected chi connectivity index (χ1v) is 5.32. The molecule has 1 aromatic carbocycles. The molecule has 0 aliphatic carbocycles. The van der Waals surface area contributed by atoms with Crippen LogP contribution in [0.3, 0.4) is 0 Å². The van der Waals surface area contributed by atoms with Gasteiger partial charge in [-0.1, -0.05) is 37.1 Å². The second kappa shape index (κ2) is 6.24. The van der Waals surface area contributed by atoms with Crippen molar-refractivity contribution in [1.82, 2.24) is 4.90 Å². The molecule has 0 saturated carbocycles. The maximum absolute atomic E-state index is 8.01. The van der Waals surface area contributed by atoms with Gasteiger partial charge in [-0.15, -0.1) is 12.4 Å². The number of morpholine rings is 1. The van der Waals surface area contributed by atoms with E-state index in [1.165, 1.54) is 0 Å². The zero-order valence-electron chi connectivity index (χ0n) is 14.5. The van der Waals surface area contributed by atoms with Gasteiger partial charge in [0.05, 0.1) is 19.6 Å². The average Bonchev–Trinajstić information content (AvgIpc) is 2.45. The molecule has 0 amide bonds. The van der Waals surface area contributed by atoms with Crippen molar-refractivity contribution in [1.29, 1.82) is 0 Å². The fourth-order valence-corrected chi connectivity index (χ4v) is 2.00. The van der Waals surface area contributed by atoms with E-state index in [-0.39, 0.29) is 54.2 Å². The lowest BCUT2D eigenvalue weighted by atomic mass is 10.0. The largest absolute Gasteiger partial charge is 0.371 e. The van der Waals surface area contributed by atoms with Crippen molar-refractivity contribution < 1.29 is 11.6 Å². The Morgan fingerprint density at radius 2 is 2.12 bits per heavy atom. The molecule has 1 fully saturated rings. The zero-order chi connectivity index (χ0) is 15.0. The van der Waals surface area contributed by atoms with Crippen LogP contribution < -0.4 is 0 Å². The molecule has 1 aliphatic rings. The topological polar surface area (TPSA) is 12.5 Å². The first kappa shape index (κ1) is 7.70. The van der Waals surface area contributed by atoms with Crippen LogP contribution >= 0.6 is 12.4 Å². The van der Waals surface area contributed by atoms with E-state index < -0.39 is 6.10 Å². The lowest BCUT2D eigenvalue weighted by molar-refractivity contribution is -0.0650. The van der Waals surface area contributed by atoms with Gasteiger partial charge < -0.3 is 4.74 Å². The third kappa shape index (κ3) is 2.76. The van der Waals surface area contributed by atoms with Crippen LogP contribution in [0, 0.1) is 0 Å². The summed E-state index contributed by atoms with van der Waals surface area (Å²) >= 11 is 0. The normalized spacial score (nSPS) is 30.5. The molecule has 0 bridgehead atoms. The van der Waals surface area contributed by atoms with Gasteiger partial charge in [0.15, 0.2) is 0 Å². The van der Waals surface area contributed by atoms with Crippen molar-refractivity contribution in [2.24, 2.45) is 0 Å². The molecule has 0 aromatic heterocycles. The first-order chi connectivity index (χ1) is 9.40. The molecule has 2 atom stereocenters. The number of halogens is 1. The smallest absolute Gasteiger partial charge is 0.0977 e. The van der Waals surface area contributed by atoms with E-state index in [4.69, 9.17) is 11.6 Å². The number of ether oxygens (including phenoxy) is 1. The van der Waals surface area contributed by atoms with Crippen LogP contribution in [0.25, 0.3) is 0 Å². The SMILES string of the molecule is Cl.[2H]c1c([2H])c([2H])c(C2OCCN(CC)C2C)c([2H])c1[2H]. The highest BCUT2D eigenvalue weighted by atomic mass is 35.5. The second-order valence-electron chi connectivity index (χ2n) is 3.70. The predicted molar refractivity (Wildman–Crippen MR) is 69.1 cm³/mol. The van der Waals surface area contributed by atoms with Crippen LogP contribution in [0.5, 0.6) is 0 Å². The van der Waals surface area contributed by atoms with Gasteiger partial charge in [-0.25, -0.2) is 0 Å². The summed E-state index contributed by atoms with van der Waals surface area (Å²) in [4.78, 5) is 2.19. The number of rotatable bonds is 2. The summed E-state index contributed by atoms with van der Waals surface area (Å²) in [5, 5.41) is 0. The van der Waals surface area contributed by atoms with Crippen LogP contribution in [-0.2, 0) is 4.74 Å². The Hall–Kier alpha value is -0.570. The van der Waals surface area contributed by atoms with E-state index >= 15 is 0 Å². The molecule has 1 heterocycles. The van der Waals surface area contributed by atoms with E-state index in [0.717, 1.165) is 13.1 Å². The lowest BCUT2D eigenvalue weighted by Crippen LogP contribution is -2.45. The molecule has 0 spiro atoms. The molecule has 2 nitrogen and oxygen atoms in total. The van der Waals surface area contributed by atoms with Crippen LogP contribution in [0.15, 0.2) is 30.2 Å². The number of hydrogen-bond acceptors (Lipinski definition) is 2. The molecule has 90 valence electrons. The molecule has 0 N–H and O–H groups in total. The summed E-state index contributed by atoms with van der Waals surface area (Å²) in [6.45, 7) is 6.16. The van der Waals surface area contributed by atoms with Crippen LogP contribution in [0.1, 0.15) is 32.4 Å². The van der Waals surface area contributed by atoms with E-state index in [1.807, 2.05) is 13.8 Å². The Morgan fingerprint density at radius 3 is 2.75 bits per heavy atom. The maximum Gasteiger partial charge on any atom is 0.0977 e. The lowest BCUT2D eigenvalue weighted by Gasteiger charge is -2.38. The summed E-state index contributed by atoms with van der Waals surface area (Å²) in [7, 11) is 0. The Balaban J connectivity index is 0.00000220. The molecule has 16 heavy (non-hydrogen) atoms. The monoisotopic (exact) mass is 246 g/mol. The Bertz CT molecular complexity index is 499. The van der Waals surface area contributed by atoms with Crippen LogP contribution in [0.4, 0.5) is 0 Å². The number of hydrogen-bond donors (Lipinski definition) is 0. The highest BCUT2D eigenvalue weighted by Gasteiger charge is 2.28. The molecule has 2 rings (SSSR count). The van der Waals surface area contributed by atoms with Crippen LogP contribution in [-0.4, -0.2) is 30.6 Å². The highest BCUT2D eigenvalue weighted by Crippen LogP contribution is 2.27. The molecular formula is C13H20ClNO. The zero-order valence-corrected chi connectivity index (χ0v) is 10.4. The Labute approximate surface area is 111 Å². The van der Waals surface area contributed by atoms with Crippen molar-refractivity contribution in [2.45, 2.75) is 26.0 Å². The minimum Gasteiger partial charge on any atom is -0.371 e. The van der Waals surface area contributed by atoms with Crippen molar-refractivity contribution in [3.05, 3.63) is 35.8 Å². The molecule has 1 saturated heterocycles. The van der Waals surface area contributed by atoms with Gasteiger partial charge in [-0.2, -0.15) is 0 Å². The fraction of sp³-hybridized carbons (Fsp3) is 0.538. The molecule has 0 radical (unpaired) electrons. The number of benzene rings is 1. The Kier molecular flexibility index (Phi) is 3.00. The molecular weight excluding hydrogens is 222 g/mol. The van der Waals surface area contributed by atoms with E-state index in [2.05, 4.69) is 4.90 Å². The summed E-state index contributed by atoms with van der Waals surface area (Å²) in [5.74, 6) is 0. The minimum atomic E-state index is -0.488. The molecule has 1 aromatic rings. The van der Waals surface area contributed by atoms with Gasteiger partial charge in [0, 0.05) is 12.6 Å². The van der Waals surface area contributed by atoms with Crippen molar-refractivity contribution >= 4 is 12.4 Å². The van der Waals surface area contributed by atoms with Crippen molar-refractivity contribution in [3.8, 4) is 0 Å². The molecule has 3 heteroatoms. The summed E-state index contributed by atoms with van der Waals surface area (Å²) in [5.41, 5.74) is 0.265. The van der Waals surface area contributed by atoms with Gasteiger partial charge >= 0.3 is 0 Å². The van der Waals surface area contributed by atoms with E-state index in [0.29, 0.717) is 6.61 Å². The minimum absolute atomic E-state index is 0. The van der Waals surface area contributed by atoms with Gasteiger partial charge in [-0.05, 0) is 19.0 Å². The highest BCUT2D eigenvalue weighted by molar-refractivity contribution is 5.85. The fourth-order valence-electron chi connectivity index (χ4n) is 2.00. The van der Waals surface area contributed by atoms with E-state index in [1.54, 1.807) is 0 Å². The third-order valence-corrected chi connectivity index (χ3v) is 2.90. The number of nitrogens with zero attached hydrogens (tertiary/aromatic N) is 1. The van der Waals surface area contributed by atoms with Gasteiger partial charge in [0.25, 0.3) is 0 Å². The van der Waals surface area contributed by atoms with Crippen LogP contribution in [0.2, 0.25) is 0 Å². The summed E-state index contributed by atoms with van der Waals surface area (Å²) < 4.78 is 44.8. The summed E-state index contributed by atoms with van der Waals surface area (Å²) in [6.07, 6.45) is -0.488. The van der Waals surface area contributed by atoms with E-state index in [9.17, 15) is 0 Å². The average molecular weight is 247 g/mol. The summed E-state index contributed by atoms with van der Waals surface area (Å²) in [6, 6.07) is -1.30.